The van der Waals surface area contributed by atoms with Crippen LogP contribution in [0.3, 0.4) is 0 Å². The first-order valence-electron chi connectivity index (χ1n) is 13.0. The van der Waals surface area contributed by atoms with E-state index in [0.29, 0.717) is 60.9 Å². The van der Waals surface area contributed by atoms with Crippen LogP contribution in [0.2, 0.25) is 0 Å². The number of nitrogens with one attached hydrogen (secondary N) is 1. The summed E-state index contributed by atoms with van der Waals surface area (Å²) in [4.78, 5) is 53.9. The smallest absolute Gasteiger partial charge is 0.256 e. The number of aromatic nitrogens is 4. The molecule has 0 bridgehead atoms. The molecule has 12 nitrogen and oxygen atoms in total. The molecule has 6 rings (SSSR count). The summed E-state index contributed by atoms with van der Waals surface area (Å²) in [7, 11) is 0. The number of amides is 3. The molecule has 0 saturated carbocycles. The Bertz CT molecular complexity index is 1440. The number of piperidine rings is 2. The van der Waals surface area contributed by atoms with Crippen LogP contribution in [0.5, 0.6) is 0 Å². The second-order valence-electron chi connectivity index (χ2n) is 11.1. The summed E-state index contributed by atoms with van der Waals surface area (Å²) in [6.07, 6.45) is 4.01. The highest BCUT2D eigenvalue weighted by Crippen LogP contribution is 2.46. The van der Waals surface area contributed by atoms with Gasteiger partial charge >= 0.3 is 0 Å². The fourth-order valence-electron chi connectivity index (χ4n) is 5.89. The first-order valence-corrected chi connectivity index (χ1v) is 13.0. The van der Waals surface area contributed by atoms with Gasteiger partial charge in [-0.1, -0.05) is 25.1 Å². The van der Waals surface area contributed by atoms with Gasteiger partial charge in [0, 0.05) is 37.7 Å². The fraction of sp³-hybridized carbons (Fsp3) is 0.444. The van der Waals surface area contributed by atoms with Gasteiger partial charge < -0.3 is 14.5 Å². The lowest BCUT2D eigenvalue weighted by Crippen LogP contribution is -2.55. The van der Waals surface area contributed by atoms with Gasteiger partial charge in [0.2, 0.25) is 24.0 Å². The Morgan fingerprint density at radius 1 is 1.15 bits per heavy atom. The molecule has 2 atom stereocenters. The van der Waals surface area contributed by atoms with E-state index in [-0.39, 0.29) is 24.8 Å². The van der Waals surface area contributed by atoms with Crippen molar-refractivity contribution in [3.8, 4) is 11.5 Å². The number of carbonyl (C=O) groups is 3. The molecule has 2 fully saturated rings. The lowest BCUT2D eigenvalue weighted by molar-refractivity contribution is -0.137. The van der Waals surface area contributed by atoms with Gasteiger partial charge in [0.1, 0.15) is 17.3 Å². The maximum atomic E-state index is 13.1. The zero-order chi connectivity index (χ0) is 27.4. The number of pyridine rings is 2. The monoisotopic (exact) mass is 531 g/mol. The minimum Gasteiger partial charge on any atom is -0.383 e. The van der Waals surface area contributed by atoms with Gasteiger partial charge in [-0.25, -0.2) is 0 Å². The summed E-state index contributed by atoms with van der Waals surface area (Å²) >= 11 is 0. The second kappa shape index (κ2) is 9.31. The topological polar surface area (TPSA) is 155 Å². The first kappa shape index (κ1) is 25.3. The quantitative estimate of drug-likeness (QED) is 0.462. The average molecular weight is 532 g/mol. The zero-order valence-corrected chi connectivity index (χ0v) is 21.8. The minimum absolute atomic E-state index is 0.170. The molecule has 0 unspecified atom stereocenters. The van der Waals surface area contributed by atoms with Crippen molar-refractivity contribution in [1.82, 2.24) is 35.2 Å². The van der Waals surface area contributed by atoms with Crippen molar-refractivity contribution in [2.75, 3.05) is 13.1 Å². The number of carbonyl (C=O) groups excluding carboxylic acids is 3. The number of rotatable bonds is 5. The number of hydrogen-bond acceptors (Lipinski definition) is 10. The number of nitrogens with zero attached hydrogens (tertiary/aromatic N) is 6. The summed E-state index contributed by atoms with van der Waals surface area (Å²) in [6.45, 7) is 6.15. The SMILES string of the molecule is CC1(C)CN(Cc2ccc(-c3ncon3)nc2)CC[C@]1(O)c1ccc2c(n1)CN([C@@H]1CCC(=O)NC1=O)C2=O. The summed E-state index contributed by atoms with van der Waals surface area (Å²) in [5.41, 5.74) is 1.42. The summed E-state index contributed by atoms with van der Waals surface area (Å²) in [5, 5.41) is 18.1. The van der Waals surface area contributed by atoms with E-state index in [0.717, 1.165) is 5.56 Å². The molecule has 202 valence electrons. The molecule has 0 aliphatic carbocycles. The predicted molar refractivity (Wildman–Crippen MR) is 135 cm³/mol. The third-order valence-electron chi connectivity index (χ3n) is 8.15. The molecule has 2 N–H and O–H groups in total. The Hall–Kier alpha value is -4.03. The molecule has 3 aromatic heterocycles. The van der Waals surface area contributed by atoms with Gasteiger partial charge in [0.05, 0.1) is 23.5 Å². The number of likely N-dealkylation sites (tertiary alicyclic amines) is 1. The molecule has 0 spiro atoms. The van der Waals surface area contributed by atoms with E-state index in [9.17, 15) is 19.5 Å². The van der Waals surface area contributed by atoms with Gasteiger partial charge in [0.15, 0.2) is 0 Å². The second-order valence-corrected chi connectivity index (χ2v) is 11.1. The number of aliphatic hydroxyl groups is 1. The minimum atomic E-state index is -1.20. The molecule has 39 heavy (non-hydrogen) atoms. The highest BCUT2D eigenvalue weighted by Gasteiger charge is 2.50. The molecule has 3 aliphatic heterocycles. The Morgan fingerprint density at radius 2 is 2.00 bits per heavy atom. The van der Waals surface area contributed by atoms with Gasteiger partial charge in [0.25, 0.3) is 5.91 Å². The predicted octanol–water partition coefficient (Wildman–Crippen LogP) is 1.41. The van der Waals surface area contributed by atoms with E-state index >= 15 is 0 Å². The molecular weight excluding hydrogens is 502 g/mol. The molecule has 2 saturated heterocycles. The zero-order valence-electron chi connectivity index (χ0n) is 21.8. The Kier molecular flexibility index (Phi) is 6.03. The van der Waals surface area contributed by atoms with Crippen LogP contribution in [0.25, 0.3) is 11.5 Å². The van der Waals surface area contributed by atoms with Gasteiger partial charge in [-0.3, -0.25) is 34.6 Å². The van der Waals surface area contributed by atoms with Crippen LogP contribution >= 0.6 is 0 Å². The van der Waals surface area contributed by atoms with Crippen molar-refractivity contribution >= 4 is 17.7 Å². The van der Waals surface area contributed by atoms with E-state index < -0.39 is 23.0 Å². The largest absolute Gasteiger partial charge is 0.383 e. The van der Waals surface area contributed by atoms with Gasteiger partial charge in [-0.05, 0) is 36.6 Å². The third kappa shape index (κ3) is 4.39. The highest BCUT2D eigenvalue weighted by atomic mass is 16.5. The maximum absolute atomic E-state index is 13.1. The van der Waals surface area contributed by atoms with E-state index in [1.165, 1.54) is 11.3 Å². The summed E-state index contributed by atoms with van der Waals surface area (Å²) in [5.74, 6) is -0.624. The van der Waals surface area contributed by atoms with E-state index in [1.807, 2.05) is 26.0 Å². The molecule has 12 heteroatoms. The molecule has 3 aliphatic rings. The molecule has 0 radical (unpaired) electrons. The molecule has 3 aromatic rings. The van der Waals surface area contributed by atoms with Crippen molar-refractivity contribution in [2.24, 2.45) is 5.41 Å². The van der Waals surface area contributed by atoms with Crippen LogP contribution in [0.4, 0.5) is 0 Å². The number of fused-ring (bicyclic) bond motifs is 1. The van der Waals surface area contributed by atoms with Crippen LogP contribution in [0.1, 0.15) is 60.4 Å². The van der Waals surface area contributed by atoms with Crippen molar-refractivity contribution in [2.45, 2.75) is 57.8 Å². The number of imide groups is 1. The van der Waals surface area contributed by atoms with Crippen molar-refractivity contribution in [3.05, 3.63) is 59.4 Å². The Morgan fingerprint density at radius 3 is 2.69 bits per heavy atom. The Balaban J connectivity index is 1.16. The van der Waals surface area contributed by atoms with Gasteiger partial charge in [-0.2, -0.15) is 4.98 Å². The first-order chi connectivity index (χ1) is 18.6. The van der Waals surface area contributed by atoms with Crippen LogP contribution < -0.4 is 5.32 Å². The number of hydrogen-bond donors (Lipinski definition) is 2. The standard InChI is InChI=1S/C27H29N7O5/c1-26(2)14-33(12-16-3-5-18(28-11-16)23-29-15-39-32-23)10-9-27(26,38)21-7-4-17-19(30-21)13-34(25(17)37)20-6-8-22(35)31-24(20)36/h3-5,7,11,15,20,38H,6,8-10,12-14H2,1-2H3,(H,31,35,36)/t20-,27+/m1/s1. The Labute approximate surface area is 224 Å². The molecule has 0 aromatic carbocycles. The van der Waals surface area contributed by atoms with E-state index in [2.05, 4.69) is 25.3 Å². The third-order valence-corrected chi connectivity index (χ3v) is 8.15. The van der Waals surface area contributed by atoms with E-state index in [1.54, 1.807) is 18.3 Å². The van der Waals surface area contributed by atoms with Crippen LogP contribution in [0.15, 0.2) is 41.4 Å². The normalized spacial score (nSPS) is 25.1. The van der Waals surface area contributed by atoms with Crippen LogP contribution in [-0.2, 0) is 28.3 Å². The summed E-state index contributed by atoms with van der Waals surface area (Å²) in [6, 6.07) is 6.57. The molecular formula is C27H29N7O5. The van der Waals surface area contributed by atoms with Crippen molar-refractivity contribution < 1.29 is 24.0 Å². The van der Waals surface area contributed by atoms with Crippen LogP contribution in [-0.4, -0.2) is 71.9 Å². The van der Waals surface area contributed by atoms with Gasteiger partial charge in [-0.15, -0.1) is 0 Å². The van der Waals surface area contributed by atoms with Crippen molar-refractivity contribution in [3.63, 3.8) is 0 Å². The highest BCUT2D eigenvalue weighted by molar-refractivity contribution is 6.05. The van der Waals surface area contributed by atoms with E-state index in [4.69, 9.17) is 9.51 Å². The summed E-state index contributed by atoms with van der Waals surface area (Å²) < 4.78 is 4.79. The fourth-order valence-corrected chi connectivity index (χ4v) is 5.89. The molecule has 3 amide bonds. The lowest BCUT2D eigenvalue weighted by atomic mass is 9.68. The molecule has 6 heterocycles. The maximum Gasteiger partial charge on any atom is 0.256 e. The lowest BCUT2D eigenvalue weighted by Gasteiger charge is -2.50. The van der Waals surface area contributed by atoms with Crippen LogP contribution in [0, 0.1) is 5.41 Å². The average Bonchev–Trinajstić information content (AvgIpc) is 3.55. The van der Waals surface area contributed by atoms with Crippen molar-refractivity contribution in [1.29, 1.82) is 0 Å².